The number of rotatable bonds is 8. The maximum atomic E-state index is 12.2. The molecule has 0 aromatic carbocycles. The summed E-state index contributed by atoms with van der Waals surface area (Å²) in [6.45, 7) is 7.82. The largest absolute Gasteiger partial charge is 0.382 e. The number of hydrogen-bond acceptors (Lipinski definition) is 4. The molecule has 0 unspecified atom stereocenters. The van der Waals surface area contributed by atoms with E-state index in [0.29, 0.717) is 31.4 Å². The Morgan fingerprint density at radius 2 is 2.20 bits per heavy atom. The van der Waals surface area contributed by atoms with Crippen LogP contribution in [0.4, 0.5) is 0 Å². The van der Waals surface area contributed by atoms with Gasteiger partial charge in [-0.3, -0.25) is 9.59 Å². The van der Waals surface area contributed by atoms with Gasteiger partial charge in [0.15, 0.2) is 0 Å². The first-order valence-corrected chi connectivity index (χ1v) is 8.50. The maximum absolute atomic E-state index is 12.2. The standard InChI is InChI=1S/C14H26N2O3S/c1-4-11(3)14(18)16-10-20-9-12(16)13(17)15-7-6-8-19-5-2/h11-12H,4-10H2,1-3H3,(H,15,17)/t11-,12+/m0/s1. The van der Waals surface area contributed by atoms with Gasteiger partial charge in [-0.2, -0.15) is 0 Å². The van der Waals surface area contributed by atoms with Crippen LogP contribution in [0.3, 0.4) is 0 Å². The SMILES string of the molecule is CCOCCCNC(=O)[C@H]1CSCN1C(=O)[C@@H](C)CC. The molecule has 1 saturated heterocycles. The van der Waals surface area contributed by atoms with Crippen molar-refractivity contribution in [1.82, 2.24) is 10.2 Å². The maximum Gasteiger partial charge on any atom is 0.243 e. The van der Waals surface area contributed by atoms with Gasteiger partial charge in [0.2, 0.25) is 11.8 Å². The molecule has 1 aliphatic heterocycles. The molecule has 2 amide bonds. The summed E-state index contributed by atoms with van der Waals surface area (Å²) in [5.41, 5.74) is 0. The molecular weight excluding hydrogens is 276 g/mol. The van der Waals surface area contributed by atoms with Crippen LogP contribution in [0.1, 0.15) is 33.6 Å². The Balaban J connectivity index is 2.40. The van der Waals surface area contributed by atoms with E-state index in [-0.39, 0.29) is 23.8 Å². The summed E-state index contributed by atoms with van der Waals surface area (Å²) in [6, 6.07) is -0.311. The van der Waals surface area contributed by atoms with Gasteiger partial charge in [0, 0.05) is 31.4 Å². The fourth-order valence-electron chi connectivity index (χ4n) is 1.98. The summed E-state index contributed by atoms with van der Waals surface area (Å²) < 4.78 is 5.23. The van der Waals surface area contributed by atoms with Gasteiger partial charge in [-0.05, 0) is 19.8 Å². The molecule has 0 spiro atoms. The molecule has 2 atom stereocenters. The molecule has 1 N–H and O–H groups in total. The van der Waals surface area contributed by atoms with E-state index in [4.69, 9.17) is 4.74 Å². The van der Waals surface area contributed by atoms with E-state index in [1.807, 2.05) is 20.8 Å². The molecule has 6 heteroatoms. The third kappa shape index (κ3) is 4.98. The Morgan fingerprint density at radius 1 is 1.45 bits per heavy atom. The first-order chi connectivity index (χ1) is 9.61. The van der Waals surface area contributed by atoms with Gasteiger partial charge in [-0.25, -0.2) is 0 Å². The lowest BCUT2D eigenvalue weighted by Gasteiger charge is -2.25. The zero-order valence-corrected chi connectivity index (χ0v) is 13.5. The van der Waals surface area contributed by atoms with Gasteiger partial charge in [0.05, 0.1) is 5.88 Å². The smallest absolute Gasteiger partial charge is 0.243 e. The third-order valence-electron chi connectivity index (χ3n) is 3.47. The van der Waals surface area contributed by atoms with Crippen molar-refractivity contribution < 1.29 is 14.3 Å². The second-order valence-corrected chi connectivity index (χ2v) is 5.97. The number of hydrogen-bond donors (Lipinski definition) is 1. The van der Waals surface area contributed by atoms with Crippen LogP contribution in [0.25, 0.3) is 0 Å². The fourth-order valence-corrected chi connectivity index (χ4v) is 3.15. The monoisotopic (exact) mass is 302 g/mol. The quantitative estimate of drug-likeness (QED) is 0.690. The number of amides is 2. The summed E-state index contributed by atoms with van der Waals surface area (Å²) >= 11 is 1.64. The van der Waals surface area contributed by atoms with E-state index < -0.39 is 0 Å². The van der Waals surface area contributed by atoms with Gasteiger partial charge in [-0.1, -0.05) is 13.8 Å². The van der Waals surface area contributed by atoms with Crippen LogP contribution >= 0.6 is 11.8 Å². The van der Waals surface area contributed by atoms with Crippen LogP contribution in [-0.4, -0.2) is 54.1 Å². The van der Waals surface area contributed by atoms with Crippen LogP contribution in [0.5, 0.6) is 0 Å². The molecular formula is C14H26N2O3S. The number of thioether (sulfide) groups is 1. The summed E-state index contributed by atoms with van der Waals surface area (Å²) in [5.74, 6) is 1.36. The highest BCUT2D eigenvalue weighted by atomic mass is 32.2. The van der Waals surface area contributed by atoms with Crippen LogP contribution in [0.15, 0.2) is 0 Å². The minimum absolute atomic E-state index is 0.0121. The highest BCUT2D eigenvalue weighted by molar-refractivity contribution is 7.99. The lowest BCUT2D eigenvalue weighted by atomic mass is 10.1. The van der Waals surface area contributed by atoms with Crippen LogP contribution in [0.2, 0.25) is 0 Å². The van der Waals surface area contributed by atoms with E-state index in [0.717, 1.165) is 12.8 Å². The Hall–Kier alpha value is -0.750. The molecule has 1 aliphatic rings. The molecule has 5 nitrogen and oxygen atoms in total. The molecule has 0 bridgehead atoms. The zero-order chi connectivity index (χ0) is 15.0. The number of nitrogens with zero attached hydrogens (tertiary/aromatic N) is 1. The molecule has 1 rings (SSSR count). The van der Waals surface area contributed by atoms with Crippen LogP contribution in [-0.2, 0) is 14.3 Å². The Morgan fingerprint density at radius 3 is 2.85 bits per heavy atom. The molecule has 0 aromatic heterocycles. The molecule has 20 heavy (non-hydrogen) atoms. The lowest BCUT2D eigenvalue weighted by Crippen LogP contribution is -2.48. The Bertz CT molecular complexity index is 326. The van der Waals surface area contributed by atoms with Crippen molar-refractivity contribution in [1.29, 1.82) is 0 Å². The lowest BCUT2D eigenvalue weighted by molar-refractivity contribution is -0.140. The van der Waals surface area contributed by atoms with E-state index >= 15 is 0 Å². The molecule has 0 aromatic rings. The van der Waals surface area contributed by atoms with E-state index in [9.17, 15) is 9.59 Å². The third-order valence-corrected chi connectivity index (χ3v) is 4.48. The number of nitrogens with one attached hydrogen (secondary N) is 1. The van der Waals surface area contributed by atoms with Crippen molar-refractivity contribution in [2.75, 3.05) is 31.4 Å². The first-order valence-electron chi connectivity index (χ1n) is 7.35. The predicted molar refractivity (Wildman–Crippen MR) is 81.5 cm³/mol. The van der Waals surface area contributed by atoms with Gasteiger partial charge in [-0.15, -0.1) is 11.8 Å². The van der Waals surface area contributed by atoms with Crippen molar-refractivity contribution in [3.8, 4) is 0 Å². The molecule has 1 heterocycles. The van der Waals surface area contributed by atoms with E-state index in [1.54, 1.807) is 16.7 Å². The highest BCUT2D eigenvalue weighted by Gasteiger charge is 2.35. The van der Waals surface area contributed by atoms with E-state index in [2.05, 4.69) is 5.32 Å². The van der Waals surface area contributed by atoms with Crippen molar-refractivity contribution in [3.63, 3.8) is 0 Å². The van der Waals surface area contributed by atoms with Crippen molar-refractivity contribution in [3.05, 3.63) is 0 Å². The number of carbonyl (C=O) groups excluding carboxylic acids is 2. The highest BCUT2D eigenvalue weighted by Crippen LogP contribution is 2.23. The van der Waals surface area contributed by atoms with Crippen molar-refractivity contribution in [2.24, 2.45) is 5.92 Å². The fraction of sp³-hybridized carbons (Fsp3) is 0.857. The molecule has 0 radical (unpaired) electrons. The Kier molecular flexibility index (Phi) is 7.99. The molecule has 0 aliphatic carbocycles. The average Bonchev–Trinajstić information content (AvgIpc) is 2.94. The minimum atomic E-state index is -0.311. The van der Waals surface area contributed by atoms with Crippen molar-refractivity contribution >= 4 is 23.6 Å². The van der Waals surface area contributed by atoms with E-state index in [1.165, 1.54) is 0 Å². The molecule has 116 valence electrons. The van der Waals surface area contributed by atoms with Crippen LogP contribution < -0.4 is 5.32 Å². The summed E-state index contributed by atoms with van der Waals surface area (Å²) in [4.78, 5) is 26.1. The normalized spacial score (nSPS) is 19.9. The summed E-state index contributed by atoms with van der Waals surface area (Å²) in [7, 11) is 0. The summed E-state index contributed by atoms with van der Waals surface area (Å²) in [6.07, 6.45) is 1.61. The molecule has 1 fully saturated rings. The average molecular weight is 302 g/mol. The minimum Gasteiger partial charge on any atom is -0.382 e. The van der Waals surface area contributed by atoms with Crippen molar-refractivity contribution in [2.45, 2.75) is 39.7 Å². The number of ether oxygens (including phenoxy) is 1. The van der Waals surface area contributed by atoms with Gasteiger partial charge >= 0.3 is 0 Å². The second kappa shape index (κ2) is 9.23. The van der Waals surface area contributed by atoms with Crippen LogP contribution in [0, 0.1) is 5.92 Å². The summed E-state index contributed by atoms with van der Waals surface area (Å²) in [5, 5.41) is 2.90. The second-order valence-electron chi connectivity index (χ2n) is 4.97. The number of carbonyl (C=O) groups is 2. The van der Waals surface area contributed by atoms with Gasteiger partial charge < -0.3 is 15.0 Å². The molecule has 0 saturated carbocycles. The Labute approximate surface area is 125 Å². The first kappa shape index (κ1) is 17.3. The van der Waals surface area contributed by atoms with Gasteiger partial charge in [0.1, 0.15) is 6.04 Å². The van der Waals surface area contributed by atoms with Gasteiger partial charge in [0.25, 0.3) is 0 Å². The zero-order valence-electron chi connectivity index (χ0n) is 12.7. The topological polar surface area (TPSA) is 58.6 Å². The predicted octanol–water partition coefficient (Wildman–Crippen LogP) is 1.48.